The van der Waals surface area contributed by atoms with Crippen molar-refractivity contribution in [3.8, 4) is 5.75 Å². The van der Waals surface area contributed by atoms with Gasteiger partial charge in [0.15, 0.2) is 16.4 Å². The number of carbonyl (C=O) groups is 2. The molecular weight excluding hydrogens is 436 g/mol. The Morgan fingerprint density at radius 1 is 1.07 bits per heavy atom. The first-order valence-electron chi connectivity index (χ1n) is 7.95. The maximum absolute atomic E-state index is 12.2. The molecule has 2 rings (SSSR count). The third-order valence-corrected chi connectivity index (χ3v) is 5.36. The van der Waals surface area contributed by atoms with Crippen molar-refractivity contribution in [1.29, 1.82) is 0 Å². The van der Waals surface area contributed by atoms with E-state index in [0.29, 0.717) is 17.0 Å². The monoisotopic (exact) mass is 454 g/mol. The van der Waals surface area contributed by atoms with Crippen molar-refractivity contribution in [2.45, 2.75) is 5.75 Å². The highest BCUT2D eigenvalue weighted by Gasteiger charge is 2.18. The Morgan fingerprint density at radius 2 is 1.81 bits per heavy atom. The van der Waals surface area contributed by atoms with E-state index in [1.54, 1.807) is 42.5 Å². The van der Waals surface area contributed by atoms with Crippen molar-refractivity contribution in [1.82, 2.24) is 5.32 Å². The highest BCUT2D eigenvalue weighted by Crippen LogP contribution is 2.18. The molecule has 2 aromatic rings. The van der Waals surface area contributed by atoms with Crippen LogP contribution in [0.25, 0.3) is 0 Å². The quantitative estimate of drug-likeness (QED) is 0.635. The number of amides is 2. The number of nitrogens with one attached hydrogen (secondary N) is 2. The van der Waals surface area contributed by atoms with E-state index in [0.717, 1.165) is 4.47 Å². The minimum atomic E-state index is -3.62. The van der Waals surface area contributed by atoms with Gasteiger partial charge in [-0.05, 0) is 29.8 Å². The van der Waals surface area contributed by atoms with Crippen LogP contribution in [0.3, 0.4) is 0 Å². The summed E-state index contributed by atoms with van der Waals surface area (Å²) in [7, 11) is -2.13. The summed E-state index contributed by atoms with van der Waals surface area (Å²) >= 11 is 3.29. The highest BCUT2D eigenvalue weighted by molar-refractivity contribution is 9.10. The molecule has 0 radical (unpaired) electrons. The molecule has 2 amide bonds. The van der Waals surface area contributed by atoms with E-state index in [9.17, 15) is 18.0 Å². The lowest BCUT2D eigenvalue weighted by Gasteiger charge is -2.09. The smallest absolute Gasteiger partial charge is 0.257 e. The van der Waals surface area contributed by atoms with Gasteiger partial charge in [0, 0.05) is 23.3 Å². The van der Waals surface area contributed by atoms with Crippen LogP contribution in [0.2, 0.25) is 0 Å². The van der Waals surface area contributed by atoms with Gasteiger partial charge in [0.25, 0.3) is 5.91 Å². The van der Waals surface area contributed by atoms with Crippen molar-refractivity contribution in [3.63, 3.8) is 0 Å². The molecule has 0 spiro atoms. The largest absolute Gasteiger partial charge is 0.484 e. The fraction of sp³-hybridized carbons (Fsp3) is 0.222. The Morgan fingerprint density at radius 3 is 2.52 bits per heavy atom. The van der Waals surface area contributed by atoms with Gasteiger partial charge in [-0.3, -0.25) is 9.59 Å². The Labute approximate surface area is 166 Å². The van der Waals surface area contributed by atoms with Gasteiger partial charge in [-0.25, -0.2) is 8.42 Å². The number of carbonyl (C=O) groups excluding carboxylic acids is 2. The Bertz CT molecular complexity index is 931. The van der Waals surface area contributed by atoms with Crippen molar-refractivity contribution in [2.75, 3.05) is 24.7 Å². The van der Waals surface area contributed by atoms with E-state index in [-0.39, 0.29) is 18.3 Å². The minimum absolute atomic E-state index is 0.158. The number of halogens is 1. The summed E-state index contributed by atoms with van der Waals surface area (Å²) in [4.78, 5) is 23.3. The molecule has 0 fully saturated rings. The Balaban J connectivity index is 1.95. The zero-order valence-corrected chi connectivity index (χ0v) is 17.0. The van der Waals surface area contributed by atoms with Crippen LogP contribution in [0.4, 0.5) is 5.69 Å². The van der Waals surface area contributed by atoms with Crippen LogP contribution in [0.15, 0.2) is 53.0 Å². The summed E-state index contributed by atoms with van der Waals surface area (Å²) in [5.74, 6) is -1.41. The fourth-order valence-corrected chi connectivity index (χ4v) is 3.92. The number of sulfone groups is 1. The third-order valence-electron chi connectivity index (χ3n) is 3.39. The molecule has 0 unspecified atom stereocenters. The molecule has 0 aliphatic carbocycles. The van der Waals surface area contributed by atoms with Crippen molar-refractivity contribution < 1.29 is 22.7 Å². The molecule has 0 aliphatic rings. The van der Waals surface area contributed by atoms with Crippen LogP contribution in [-0.2, 0) is 25.2 Å². The maximum Gasteiger partial charge on any atom is 0.257 e. The second kappa shape index (κ2) is 9.52. The first-order valence-corrected chi connectivity index (χ1v) is 10.6. The van der Waals surface area contributed by atoms with E-state index in [1.165, 1.54) is 13.1 Å². The number of hydrogen-bond donors (Lipinski definition) is 2. The summed E-state index contributed by atoms with van der Waals surface area (Å²) in [5, 5.41) is 4.96. The highest BCUT2D eigenvalue weighted by atomic mass is 79.9. The predicted molar refractivity (Wildman–Crippen MR) is 106 cm³/mol. The average molecular weight is 455 g/mol. The van der Waals surface area contributed by atoms with Crippen molar-refractivity contribution in [2.24, 2.45) is 0 Å². The predicted octanol–water partition coefficient (Wildman–Crippen LogP) is 2.13. The van der Waals surface area contributed by atoms with Crippen molar-refractivity contribution >= 4 is 43.3 Å². The number of hydrogen-bond acceptors (Lipinski definition) is 5. The van der Waals surface area contributed by atoms with Crippen LogP contribution in [-0.4, -0.2) is 39.6 Å². The number of benzene rings is 2. The SMILES string of the molecule is CNC(=O)COc1cccc(NC(=O)CS(=O)(=O)Cc2cccc(Br)c2)c1. The van der Waals surface area contributed by atoms with E-state index < -0.39 is 21.5 Å². The Hall–Kier alpha value is -2.39. The first kappa shape index (κ1) is 20.9. The molecule has 2 N–H and O–H groups in total. The second-order valence-corrected chi connectivity index (χ2v) is 8.68. The van der Waals surface area contributed by atoms with E-state index in [1.807, 2.05) is 0 Å². The molecule has 144 valence electrons. The first-order chi connectivity index (χ1) is 12.8. The number of ether oxygens (including phenoxy) is 1. The van der Waals surface area contributed by atoms with Gasteiger partial charge in [0.2, 0.25) is 5.91 Å². The van der Waals surface area contributed by atoms with Gasteiger partial charge in [0.1, 0.15) is 11.5 Å². The average Bonchev–Trinajstić information content (AvgIpc) is 2.58. The number of anilines is 1. The van der Waals surface area contributed by atoms with Crippen LogP contribution < -0.4 is 15.4 Å². The summed E-state index contributed by atoms with van der Waals surface area (Å²) in [5.41, 5.74) is 0.980. The lowest BCUT2D eigenvalue weighted by Crippen LogP contribution is -2.25. The standard InChI is InChI=1S/C18H19BrN2O5S/c1-20-17(22)10-26-16-7-3-6-15(9-16)21-18(23)12-27(24,25)11-13-4-2-5-14(19)8-13/h2-9H,10-12H2,1H3,(H,20,22)(H,21,23). The van der Waals surface area contributed by atoms with E-state index in [2.05, 4.69) is 26.6 Å². The lowest BCUT2D eigenvalue weighted by atomic mass is 10.2. The molecule has 0 saturated heterocycles. The zero-order chi connectivity index (χ0) is 19.9. The number of likely N-dealkylation sites (N-methyl/N-ethyl adjacent to an activating group) is 1. The summed E-state index contributed by atoms with van der Waals surface area (Å²) < 4.78 is 30.5. The molecule has 27 heavy (non-hydrogen) atoms. The molecule has 2 aromatic carbocycles. The molecule has 9 heteroatoms. The normalized spacial score (nSPS) is 10.9. The summed E-state index contributed by atoms with van der Waals surface area (Å²) in [6.45, 7) is -0.158. The molecule has 0 heterocycles. The maximum atomic E-state index is 12.2. The van der Waals surface area contributed by atoms with Crippen LogP contribution >= 0.6 is 15.9 Å². The molecule has 0 aliphatic heterocycles. The summed E-state index contributed by atoms with van der Waals surface area (Å²) in [6, 6.07) is 13.3. The molecule has 0 saturated carbocycles. The topological polar surface area (TPSA) is 102 Å². The van der Waals surface area contributed by atoms with Crippen LogP contribution in [0, 0.1) is 0 Å². The van der Waals surface area contributed by atoms with Gasteiger partial charge < -0.3 is 15.4 Å². The Kier molecular flexibility index (Phi) is 7.37. The molecular formula is C18H19BrN2O5S. The van der Waals surface area contributed by atoms with Crippen LogP contribution in [0.1, 0.15) is 5.56 Å². The van der Waals surface area contributed by atoms with Crippen molar-refractivity contribution in [3.05, 3.63) is 58.6 Å². The third kappa shape index (κ3) is 7.40. The molecule has 7 nitrogen and oxygen atoms in total. The van der Waals surface area contributed by atoms with Gasteiger partial charge in [-0.15, -0.1) is 0 Å². The molecule has 0 atom stereocenters. The zero-order valence-electron chi connectivity index (χ0n) is 14.6. The minimum Gasteiger partial charge on any atom is -0.484 e. The van der Waals surface area contributed by atoms with E-state index >= 15 is 0 Å². The second-order valence-electron chi connectivity index (χ2n) is 5.70. The van der Waals surface area contributed by atoms with Gasteiger partial charge >= 0.3 is 0 Å². The van der Waals surface area contributed by atoms with Crippen LogP contribution in [0.5, 0.6) is 5.75 Å². The van der Waals surface area contributed by atoms with E-state index in [4.69, 9.17) is 4.74 Å². The number of rotatable bonds is 8. The molecule has 0 bridgehead atoms. The fourth-order valence-electron chi connectivity index (χ4n) is 2.21. The molecule has 0 aromatic heterocycles. The van der Waals surface area contributed by atoms with Gasteiger partial charge in [0.05, 0.1) is 5.75 Å². The summed E-state index contributed by atoms with van der Waals surface area (Å²) in [6.07, 6.45) is 0. The lowest BCUT2D eigenvalue weighted by molar-refractivity contribution is -0.122. The van der Waals surface area contributed by atoms with Gasteiger partial charge in [-0.1, -0.05) is 34.1 Å². The van der Waals surface area contributed by atoms with Gasteiger partial charge in [-0.2, -0.15) is 0 Å².